The lowest BCUT2D eigenvalue weighted by Crippen LogP contribution is -2.34. The molecule has 2 aromatic rings. The molecule has 0 radical (unpaired) electrons. The van der Waals surface area contributed by atoms with Gasteiger partial charge in [0.15, 0.2) is 6.61 Å². The van der Waals surface area contributed by atoms with Crippen molar-refractivity contribution in [2.24, 2.45) is 0 Å². The molecule has 0 spiro atoms. The smallest absolute Gasteiger partial charge is 0.416 e. The van der Waals surface area contributed by atoms with Gasteiger partial charge in [-0.15, -0.1) is 0 Å². The number of halogens is 3. The zero-order valence-corrected chi connectivity index (χ0v) is 17.5. The first kappa shape index (κ1) is 24.2. The maximum atomic E-state index is 12.7. The lowest BCUT2D eigenvalue weighted by molar-refractivity contribution is -0.137. The van der Waals surface area contributed by atoms with Crippen LogP contribution in [0.1, 0.15) is 29.8 Å². The highest BCUT2D eigenvalue weighted by Gasteiger charge is 2.30. The largest absolute Gasteiger partial charge is 0.484 e. The van der Waals surface area contributed by atoms with Gasteiger partial charge in [-0.2, -0.15) is 13.2 Å². The number of carbonyl (C=O) groups is 2. The Hall–Kier alpha value is -3.07. The lowest BCUT2D eigenvalue weighted by atomic mass is 10.2. The molecule has 2 aromatic carbocycles. The summed E-state index contributed by atoms with van der Waals surface area (Å²) in [6.07, 6.45) is -4.49. The van der Waals surface area contributed by atoms with Crippen LogP contribution < -0.4 is 15.4 Å². The molecule has 0 fully saturated rings. The van der Waals surface area contributed by atoms with Gasteiger partial charge < -0.3 is 20.3 Å². The molecular formula is C22H26F3N3O3. The van der Waals surface area contributed by atoms with Crippen molar-refractivity contribution < 1.29 is 27.5 Å². The monoisotopic (exact) mass is 437 g/mol. The molecule has 9 heteroatoms. The van der Waals surface area contributed by atoms with Crippen molar-refractivity contribution in [1.29, 1.82) is 0 Å². The Morgan fingerprint density at radius 3 is 2.32 bits per heavy atom. The highest BCUT2D eigenvalue weighted by Crippen LogP contribution is 2.30. The third-order valence-electron chi connectivity index (χ3n) is 4.57. The maximum Gasteiger partial charge on any atom is 0.416 e. The molecule has 31 heavy (non-hydrogen) atoms. The van der Waals surface area contributed by atoms with E-state index in [0.29, 0.717) is 17.9 Å². The van der Waals surface area contributed by atoms with E-state index < -0.39 is 17.6 Å². The number of anilines is 1. The second kappa shape index (κ2) is 11.4. The third-order valence-corrected chi connectivity index (χ3v) is 4.57. The summed E-state index contributed by atoms with van der Waals surface area (Å²) < 4.78 is 43.5. The van der Waals surface area contributed by atoms with Gasteiger partial charge in [0.2, 0.25) is 0 Å². The normalized spacial score (nSPS) is 11.3. The van der Waals surface area contributed by atoms with Crippen molar-refractivity contribution in [3.05, 3.63) is 59.7 Å². The highest BCUT2D eigenvalue weighted by molar-refractivity contribution is 5.94. The molecule has 0 bridgehead atoms. The number of likely N-dealkylation sites (N-methyl/N-ethyl adjacent to an activating group) is 1. The molecule has 0 aromatic heterocycles. The number of alkyl halides is 3. The molecule has 6 nitrogen and oxygen atoms in total. The third kappa shape index (κ3) is 7.93. The van der Waals surface area contributed by atoms with E-state index in [2.05, 4.69) is 29.4 Å². The minimum Gasteiger partial charge on any atom is -0.484 e. The van der Waals surface area contributed by atoms with Crippen molar-refractivity contribution in [3.63, 3.8) is 0 Å². The molecule has 0 heterocycles. The number of carbonyl (C=O) groups excluding carboxylic acids is 2. The fraction of sp³-hybridized carbons (Fsp3) is 0.364. The molecule has 0 aliphatic heterocycles. The van der Waals surface area contributed by atoms with Crippen molar-refractivity contribution >= 4 is 17.5 Å². The van der Waals surface area contributed by atoms with Gasteiger partial charge in [0.1, 0.15) is 5.75 Å². The quantitative estimate of drug-likeness (QED) is 0.593. The van der Waals surface area contributed by atoms with Gasteiger partial charge in [-0.25, -0.2) is 0 Å². The Kier molecular flexibility index (Phi) is 8.87. The average molecular weight is 437 g/mol. The van der Waals surface area contributed by atoms with Gasteiger partial charge in [-0.1, -0.05) is 19.9 Å². The summed E-state index contributed by atoms with van der Waals surface area (Å²) in [6, 6.07) is 10.6. The number of amides is 2. The Morgan fingerprint density at radius 1 is 1.03 bits per heavy atom. The van der Waals surface area contributed by atoms with Crippen LogP contribution in [0.3, 0.4) is 0 Å². The van der Waals surface area contributed by atoms with E-state index in [1.54, 1.807) is 24.3 Å². The van der Waals surface area contributed by atoms with E-state index in [1.807, 2.05) is 0 Å². The van der Waals surface area contributed by atoms with Crippen LogP contribution in [0, 0.1) is 0 Å². The number of nitrogens with one attached hydrogen (secondary N) is 2. The molecule has 0 saturated carbocycles. The molecular weight excluding hydrogens is 411 g/mol. The van der Waals surface area contributed by atoms with Crippen LogP contribution in [0.2, 0.25) is 0 Å². The zero-order chi connectivity index (χ0) is 22.9. The molecule has 2 rings (SSSR count). The molecule has 0 aliphatic carbocycles. The summed E-state index contributed by atoms with van der Waals surface area (Å²) in [7, 11) is 0. The van der Waals surface area contributed by atoms with Crippen LogP contribution in [-0.2, 0) is 11.0 Å². The second-order valence-electron chi connectivity index (χ2n) is 6.72. The first-order valence-corrected chi connectivity index (χ1v) is 9.93. The van der Waals surface area contributed by atoms with E-state index in [4.69, 9.17) is 4.74 Å². The summed E-state index contributed by atoms with van der Waals surface area (Å²) in [5.74, 6) is -0.447. The number of rotatable bonds is 10. The molecule has 0 saturated heterocycles. The van der Waals surface area contributed by atoms with Crippen LogP contribution in [0.15, 0.2) is 48.5 Å². The predicted octanol–water partition coefficient (Wildman–Crippen LogP) is 3.79. The molecule has 0 unspecified atom stereocenters. The van der Waals surface area contributed by atoms with Crippen LogP contribution >= 0.6 is 0 Å². The second-order valence-corrected chi connectivity index (χ2v) is 6.72. The number of hydrogen-bond donors (Lipinski definition) is 2. The number of benzene rings is 2. The van der Waals surface area contributed by atoms with Gasteiger partial charge >= 0.3 is 6.18 Å². The molecule has 0 aliphatic rings. The van der Waals surface area contributed by atoms with E-state index >= 15 is 0 Å². The standard InChI is InChI=1S/C22H26F3N3O3/c1-3-28(4-2)13-12-26-21(30)16-8-10-19(11-9-16)31-15-20(29)27-18-7-5-6-17(14-18)22(23,24)25/h5-11,14H,3-4,12-13,15H2,1-2H3,(H,26,30)(H,27,29). The van der Waals surface area contributed by atoms with Crippen molar-refractivity contribution in [3.8, 4) is 5.75 Å². The van der Waals surface area contributed by atoms with Crippen LogP contribution in [0.25, 0.3) is 0 Å². The summed E-state index contributed by atoms with van der Waals surface area (Å²) >= 11 is 0. The van der Waals surface area contributed by atoms with Crippen molar-refractivity contribution in [2.75, 3.05) is 38.1 Å². The van der Waals surface area contributed by atoms with E-state index in [9.17, 15) is 22.8 Å². The SMILES string of the molecule is CCN(CC)CCNC(=O)c1ccc(OCC(=O)Nc2cccc(C(F)(F)F)c2)cc1. The van der Waals surface area contributed by atoms with E-state index in [-0.39, 0.29) is 18.2 Å². The molecule has 168 valence electrons. The van der Waals surface area contributed by atoms with Gasteiger partial charge in [0.05, 0.1) is 5.56 Å². The predicted molar refractivity (Wildman–Crippen MR) is 112 cm³/mol. The van der Waals surface area contributed by atoms with Crippen LogP contribution in [0.4, 0.5) is 18.9 Å². The summed E-state index contributed by atoms with van der Waals surface area (Å²) in [5.41, 5.74) is -0.363. The fourth-order valence-corrected chi connectivity index (χ4v) is 2.79. The highest BCUT2D eigenvalue weighted by atomic mass is 19.4. The molecule has 0 atom stereocenters. The van der Waals surface area contributed by atoms with E-state index in [0.717, 1.165) is 31.8 Å². The first-order valence-electron chi connectivity index (χ1n) is 9.93. The van der Waals surface area contributed by atoms with Crippen molar-refractivity contribution in [1.82, 2.24) is 10.2 Å². The minimum absolute atomic E-state index is 0.0279. The first-order chi connectivity index (χ1) is 14.7. The zero-order valence-electron chi connectivity index (χ0n) is 17.5. The lowest BCUT2D eigenvalue weighted by Gasteiger charge is -2.17. The average Bonchev–Trinajstić information content (AvgIpc) is 2.75. The van der Waals surface area contributed by atoms with Crippen LogP contribution in [0.5, 0.6) is 5.75 Å². The van der Waals surface area contributed by atoms with Gasteiger partial charge in [0.25, 0.3) is 11.8 Å². The Morgan fingerprint density at radius 2 is 1.71 bits per heavy atom. The van der Waals surface area contributed by atoms with Gasteiger partial charge in [0, 0.05) is 24.3 Å². The fourth-order valence-electron chi connectivity index (χ4n) is 2.79. The van der Waals surface area contributed by atoms with Crippen molar-refractivity contribution in [2.45, 2.75) is 20.0 Å². The van der Waals surface area contributed by atoms with E-state index in [1.165, 1.54) is 12.1 Å². The molecule has 2 amide bonds. The van der Waals surface area contributed by atoms with Gasteiger partial charge in [-0.3, -0.25) is 9.59 Å². The summed E-state index contributed by atoms with van der Waals surface area (Å²) in [5, 5.41) is 5.21. The number of hydrogen-bond acceptors (Lipinski definition) is 4. The van der Waals surface area contributed by atoms with Gasteiger partial charge in [-0.05, 0) is 55.6 Å². The Balaban J connectivity index is 1.81. The minimum atomic E-state index is -4.49. The number of ether oxygens (including phenoxy) is 1. The summed E-state index contributed by atoms with van der Waals surface area (Å²) in [6.45, 7) is 6.87. The Labute approximate surface area is 179 Å². The Bertz CT molecular complexity index is 866. The van der Waals surface area contributed by atoms with Crippen LogP contribution in [-0.4, -0.2) is 49.5 Å². The maximum absolute atomic E-state index is 12.7. The number of nitrogens with zero attached hydrogens (tertiary/aromatic N) is 1. The molecule has 2 N–H and O–H groups in total. The summed E-state index contributed by atoms with van der Waals surface area (Å²) in [4.78, 5) is 26.3. The topological polar surface area (TPSA) is 70.7 Å².